The highest BCUT2D eigenvalue weighted by Gasteiger charge is 2.11. The van der Waals surface area contributed by atoms with Gasteiger partial charge in [-0.15, -0.1) is 15.3 Å². The minimum Gasteiger partial charge on any atom is -0.317 e. The molecule has 0 aliphatic heterocycles. The number of aromatic nitrogens is 6. The van der Waals surface area contributed by atoms with Crippen molar-refractivity contribution >= 4 is 0 Å². The normalized spacial score (nSPS) is 12.1. The summed E-state index contributed by atoms with van der Waals surface area (Å²) >= 11 is 0. The van der Waals surface area contributed by atoms with Crippen LogP contribution in [0.15, 0.2) is 6.20 Å². The summed E-state index contributed by atoms with van der Waals surface area (Å²) in [5.74, 6) is 1.77. The lowest BCUT2D eigenvalue weighted by atomic mass is 10.1. The van der Waals surface area contributed by atoms with Crippen molar-refractivity contribution in [1.29, 1.82) is 0 Å². The Labute approximate surface area is 113 Å². The third kappa shape index (κ3) is 3.60. The quantitative estimate of drug-likeness (QED) is 0.877. The Kier molecular flexibility index (Phi) is 3.66. The number of rotatable bonds is 4. The first-order valence-corrected chi connectivity index (χ1v) is 6.34. The largest absolute Gasteiger partial charge is 0.317 e. The van der Waals surface area contributed by atoms with Crippen LogP contribution in [0.1, 0.15) is 38.1 Å². The van der Waals surface area contributed by atoms with Gasteiger partial charge in [0.05, 0.1) is 11.9 Å². The summed E-state index contributed by atoms with van der Waals surface area (Å²) < 4.78 is 3.73. The number of aryl methyl sites for hydroxylation is 1. The molecule has 2 heterocycles. The Hall–Kier alpha value is -1.76. The Morgan fingerprint density at radius 2 is 1.95 bits per heavy atom. The van der Waals surface area contributed by atoms with Crippen LogP contribution in [0.25, 0.3) is 0 Å². The molecule has 7 heteroatoms. The van der Waals surface area contributed by atoms with Crippen molar-refractivity contribution in [2.75, 3.05) is 0 Å². The van der Waals surface area contributed by atoms with Crippen molar-refractivity contribution in [2.24, 2.45) is 7.05 Å². The summed E-state index contributed by atoms with van der Waals surface area (Å²) in [5, 5.41) is 19.8. The highest BCUT2D eigenvalue weighted by Crippen LogP contribution is 2.03. The fourth-order valence-corrected chi connectivity index (χ4v) is 1.59. The van der Waals surface area contributed by atoms with Gasteiger partial charge in [-0.2, -0.15) is 0 Å². The molecule has 0 atom stereocenters. The van der Waals surface area contributed by atoms with E-state index in [9.17, 15) is 0 Å². The molecule has 0 fully saturated rings. The molecule has 7 nitrogen and oxygen atoms in total. The van der Waals surface area contributed by atoms with Gasteiger partial charge >= 0.3 is 0 Å². The van der Waals surface area contributed by atoms with E-state index < -0.39 is 0 Å². The SMILES string of the molecule is Cc1nnc(Cn2cc(CNC(C)(C)C)nn2)n1C. The highest BCUT2D eigenvalue weighted by molar-refractivity contribution is 4.97. The molecule has 0 spiro atoms. The first kappa shape index (κ1) is 13.7. The zero-order chi connectivity index (χ0) is 14.0. The van der Waals surface area contributed by atoms with Crippen molar-refractivity contribution < 1.29 is 0 Å². The van der Waals surface area contributed by atoms with Crippen LogP contribution in [0.2, 0.25) is 0 Å². The Morgan fingerprint density at radius 1 is 1.21 bits per heavy atom. The van der Waals surface area contributed by atoms with E-state index >= 15 is 0 Å². The fourth-order valence-electron chi connectivity index (χ4n) is 1.59. The van der Waals surface area contributed by atoms with Crippen LogP contribution in [0.3, 0.4) is 0 Å². The van der Waals surface area contributed by atoms with Crippen molar-refractivity contribution in [3.63, 3.8) is 0 Å². The van der Waals surface area contributed by atoms with Gasteiger partial charge in [-0.25, -0.2) is 4.68 Å². The minimum absolute atomic E-state index is 0.0739. The molecule has 2 aromatic heterocycles. The number of nitrogens with one attached hydrogen (secondary N) is 1. The topological polar surface area (TPSA) is 73.5 Å². The molecule has 0 aromatic carbocycles. The highest BCUT2D eigenvalue weighted by atomic mass is 15.4. The molecule has 19 heavy (non-hydrogen) atoms. The van der Waals surface area contributed by atoms with Crippen molar-refractivity contribution in [3.05, 3.63) is 23.5 Å². The van der Waals surface area contributed by atoms with Gasteiger partial charge in [0.15, 0.2) is 5.82 Å². The smallest absolute Gasteiger partial charge is 0.154 e. The molecule has 0 radical (unpaired) electrons. The van der Waals surface area contributed by atoms with Crippen LogP contribution in [-0.4, -0.2) is 35.3 Å². The van der Waals surface area contributed by atoms with Gasteiger partial charge in [0.25, 0.3) is 0 Å². The van der Waals surface area contributed by atoms with Crippen molar-refractivity contribution in [1.82, 2.24) is 35.1 Å². The zero-order valence-corrected chi connectivity index (χ0v) is 12.2. The summed E-state index contributed by atoms with van der Waals surface area (Å²) in [5.41, 5.74) is 0.999. The van der Waals surface area contributed by atoms with Gasteiger partial charge in [0, 0.05) is 19.1 Å². The monoisotopic (exact) mass is 263 g/mol. The molecule has 2 rings (SSSR count). The number of hydrogen-bond donors (Lipinski definition) is 1. The van der Waals surface area contributed by atoms with Gasteiger partial charge in [-0.3, -0.25) is 0 Å². The van der Waals surface area contributed by atoms with E-state index in [1.807, 2.05) is 24.7 Å². The second-order valence-corrected chi connectivity index (χ2v) is 5.73. The van der Waals surface area contributed by atoms with E-state index in [4.69, 9.17) is 0 Å². The number of hydrogen-bond acceptors (Lipinski definition) is 5. The first-order valence-electron chi connectivity index (χ1n) is 6.34. The maximum atomic E-state index is 4.14. The van der Waals surface area contributed by atoms with Gasteiger partial charge in [0.1, 0.15) is 12.4 Å². The summed E-state index contributed by atoms with van der Waals surface area (Å²) in [6.45, 7) is 9.59. The predicted octanol–water partition coefficient (Wildman–Crippen LogP) is 0.651. The predicted molar refractivity (Wildman–Crippen MR) is 71.5 cm³/mol. The molecule has 0 aliphatic carbocycles. The third-order valence-corrected chi connectivity index (χ3v) is 2.87. The average molecular weight is 263 g/mol. The van der Waals surface area contributed by atoms with Crippen LogP contribution < -0.4 is 5.32 Å². The molecule has 104 valence electrons. The van der Waals surface area contributed by atoms with Gasteiger partial charge in [-0.1, -0.05) is 5.21 Å². The molecule has 2 aromatic rings. The molecule has 0 bridgehead atoms. The second-order valence-electron chi connectivity index (χ2n) is 5.73. The minimum atomic E-state index is 0.0739. The van der Waals surface area contributed by atoms with E-state index in [2.05, 4.69) is 46.6 Å². The lowest BCUT2D eigenvalue weighted by Crippen LogP contribution is -2.35. The molecule has 0 unspecified atom stereocenters. The van der Waals surface area contributed by atoms with Gasteiger partial charge in [0.2, 0.25) is 0 Å². The summed E-state index contributed by atoms with van der Waals surface area (Å²) in [4.78, 5) is 0. The van der Waals surface area contributed by atoms with Crippen LogP contribution in [0, 0.1) is 6.92 Å². The van der Waals surface area contributed by atoms with Gasteiger partial charge < -0.3 is 9.88 Å². The Balaban J connectivity index is 2.00. The summed E-state index contributed by atoms with van der Waals surface area (Å²) in [7, 11) is 1.95. The molecular formula is C12H21N7. The van der Waals surface area contributed by atoms with Crippen LogP contribution in [-0.2, 0) is 20.1 Å². The lowest BCUT2D eigenvalue weighted by molar-refractivity contribution is 0.421. The lowest BCUT2D eigenvalue weighted by Gasteiger charge is -2.19. The molecule has 1 N–H and O–H groups in total. The maximum absolute atomic E-state index is 4.14. The average Bonchev–Trinajstić information content (AvgIpc) is 2.88. The summed E-state index contributed by atoms with van der Waals surface area (Å²) in [6.07, 6.45) is 1.93. The second kappa shape index (κ2) is 5.08. The summed E-state index contributed by atoms with van der Waals surface area (Å²) in [6, 6.07) is 0. The molecule has 0 saturated heterocycles. The van der Waals surface area contributed by atoms with Crippen molar-refractivity contribution in [3.8, 4) is 0 Å². The van der Waals surface area contributed by atoms with Crippen molar-refractivity contribution in [2.45, 2.75) is 46.3 Å². The molecule has 0 amide bonds. The number of nitrogens with zero attached hydrogens (tertiary/aromatic N) is 6. The first-order chi connectivity index (χ1) is 8.85. The molecular weight excluding hydrogens is 242 g/mol. The van der Waals surface area contributed by atoms with E-state index in [-0.39, 0.29) is 5.54 Å². The van der Waals surface area contributed by atoms with Crippen LogP contribution in [0.5, 0.6) is 0 Å². The zero-order valence-electron chi connectivity index (χ0n) is 12.2. The standard InChI is InChI=1S/C12H21N7/c1-9-14-16-11(18(9)5)8-19-7-10(15-17-19)6-13-12(2,3)4/h7,13H,6,8H2,1-5H3. The van der Waals surface area contributed by atoms with Gasteiger partial charge in [-0.05, 0) is 27.7 Å². The third-order valence-electron chi connectivity index (χ3n) is 2.87. The Bertz CT molecular complexity index is 547. The maximum Gasteiger partial charge on any atom is 0.154 e. The van der Waals surface area contributed by atoms with E-state index in [0.717, 1.165) is 17.3 Å². The molecule has 0 aliphatic rings. The van der Waals surface area contributed by atoms with E-state index in [1.54, 1.807) is 4.68 Å². The molecule has 0 saturated carbocycles. The van der Waals surface area contributed by atoms with Crippen LogP contribution >= 0.6 is 0 Å². The van der Waals surface area contributed by atoms with Crippen LogP contribution in [0.4, 0.5) is 0 Å². The fraction of sp³-hybridized carbons (Fsp3) is 0.667. The van der Waals surface area contributed by atoms with E-state index in [0.29, 0.717) is 13.1 Å². The van der Waals surface area contributed by atoms with E-state index in [1.165, 1.54) is 0 Å². The Morgan fingerprint density at radius 3 is 2.53 bits per heavy atom.